The van der Waals surface area contributed by atoms with E-state index in [0.29, 0.717) is 23.2 Å². The highest BCUT2D eigenvalue weighted by atomic mass is 32.1. The summed E-state index contributed by atoms with van der Waals surface area (Å²) in [6.07, 6.45) is 6.45. The van der Waals surface area contributed by atoms with Crippen LogP contribution in [0.15, 0.2) is 46.8 Å². The number of para-hydroxylation sites is 2. The second kappa shape index (κ2) is 10.8. The molecule has 0 saturated heterocycles. The van der Waals surface area contributed by atoms with Crippen molar-refractivity contribution in [3.63, 3.8) is 0 Å². The van der Waals surface area contributed by atoms with Gasteiger partial charge in [0.15, 0.2) is 16.3 Å². The third kappa shape index (κ3) is 5.03. The van der Waals surface area contributed by atoms with Gasteiger partial charge in [-0.25, -0.2) is 4.99 Å². The standard InChI is InChI=1S/C26H32N2O4S/c1-29-22-13-9-8-12-20(22)27-26-28(16-18-10-6-5-7-11-18)21(17-33-26)19-14-23(30-2)25(32-4)24(15-19)31-3/h8-9,12-15,17-18H,5-7,10-11,16H2,1-4H3. The molecule has 2 aromatic carbocycles. The van der Waals surface area contributed by atoms with E-state index < -0.39 is 0 Å². The van der Waals surface area contributed by atoms with Crippen molar-refractivity contribution in [3.8, 4) is 34.3 Å². The molecule has 1 fully saturated rings. The summed E-state index contributed by atoms with van der Waals surface area (Å²) in [6.45, 7) is 0.934. The van der Waals surface area contributed by atoms with Gasteiger partial charge in [0.05, 0.1) is 34.1 Å². The van der Waals surface area contributed by atoms with Crippen LogP contribution in [0.4, 0.5) is 5.69 Å². The first-order valence-electron chi connectivity index (χ1n) is 11.3. The van der Waals surface area contributed by atoms with E-state index in [1.54, 1.807) is 39.8 Å². The average Bonchev–Trinajstić information content (AvgIpc) is 3.25. The zero-order chi connectivity index (χ0) is 23.2. The number of hydrogen-bond donors (Lipinski definition) is 0. The fourth-order valence-electron chi connectivity index (χ4n) is 4.51. The summed E-state index contributed by atoms with van der Waals surface area (Å²) in [5.74, 6) is 3.29. The topological polar surface area (TPSA) is 54.2 Å². The number of nitrogens with zero attached hydrogens (tertiary/aromatic N) is 2. The summed E-state index contributed by atoms with van der Waals surface area (Å²) in [7, 11) is 6.60. The molecule has 1 aliphatic rings. The summed E-state index contributed by atoms with van der Waals surface area (Å²) < 4.78 is 24.6. The fourth-order valence-corrected chi connectivity index (χ4v) is 5.44. The van der Waals surface area contributed by atoms with Crippen molar-refractivity contribution in [1.82, 2.24) is 4.57 Å². The van der Waals surface area contributed by atoms with Crippen LogP contribution in [0.5, 0.6) is 23.0 Å². The summed E-state index contributed by atoms with van der Waals surface area (Å²) >= 11 is 1.64. The molecule has 1 heterocycles. The number of aromatic nitrogens is 1. The molecule has 3 aromatic rings. The Balaban J connectivity index is 1.86. The number of rotatable bonds is 8. The molecule has 6 nitrogen and oxygen atoms in total. The van der Waals surface area contributed by atoms with Gasteiger partial charge in [-0.15, -0.1) is 11.3 Å². The lowest BCUT2D eigenvalue weighted by Gasteiger charge is -2.23. The van der Waals surface area contributed by atoms with Crippen LogP contribution in [-0.4, -0.2) is 33.0 Å². The van der Waals surface area contributed by atoms with E-state index in [1.807, 2.05) is 36.4 Å². The molecule has 4 rings (SSSR count). The van der Waals surface area contributed by atoms with Gasteiger partial charge in [0, 0.05) is 17.5 Å². The predicted octanol–water partition coefficient (Wildman–Crippen LogP) is 6.06. The number of hydrogen-bond acceptors (Lipinski definition) is 6. The quantitative estimate of drug-likeness (QED) is 0.403. The van der Waals surface area contributed by atoms with E-state index in [-0.39, 0.29) is 0 Å². The van der Waals surface area contributed by atoms with E-state index in [9.17, 15) is 0 Å². The first kappa shape index (κ1) is 23.2. The Morgan fingerprint density at radius 2 is 1.55 bits per heavy atom. The number of benzene rings is 2. The van der Waals surface area contributed by atoms with Gasteiger partial charge < -0.3 is 23.5 Å². The van der Waals surface area contributed by atoms with Crippen LogP contribution < -0.4 is 23.7 Å². The Morgan fingerprint density at radius 1 is 0.879 bits per heavy atom. The van der Waals surface area contributed by atoms with Crippen molar-refractivity contribution in [1.29, 1.82) is 0 Å². The zero-order valence-corrected chi connectivity index (χ0v) is 20.6. The van der Waals surface area contributed by atoms with Crippen LogP contribution in [0.1, 0.15) is 32.1 Å². The first-order chi connectivity index (χ1) is 16.2. The highest BCUT2D eigenvalue weighted by Crippen LogP contribution is 2.41. The SMILES string of the molecule is COc1ccccc1N=c1scc(-c2cc(OC)c(OC)c(OC)c2)n1CC1CCCCC1. The average molecular weight is 469 g/mol. The maximum atomic E-state index is 5.61. The van der Waals surface area contributed by atoms with Crippen molar-refractivity contribution < 1.29 is 18.9 Å². The second-order valence-corrected chi connectivity index (χ2v) is 9.05. The molecule has 176 valence electrons. The van der Waals surface area contributed by atoms with Crippen molar-refractivity contribution in [3.05, 3.63) is 46.6 Å². The molecule has 0 spiro atoms. The van der Waals surface area contributed by atoms with Crippen molar-refractivity contribution >= 4 is 17.0 Å². The van der Waals surface area contributed by atoms with E-state index in [0.717, 1.165) is 34.0 Å². The van der Waals surface area contributed by atoms with Crippen LogP contribution in [0.25, 0.3) is 11.3 Å². The molecule has 1 aliphatic carbocycles. The lowest BCUT2D eigenvalue weighted by molar-refractivity contribution is 0.317. The molecule has 1 saturated carbocycles. The van der Waals surface area contributed by atoms with E-state index in [2.05, 4.69) is 9.95 Å². The van der Waals surface area contributed by atoms with E-state index >= 15 is 0 Å². The summed E-state index contributed by atoms with van der Waals surface area (Å²) in [4.78, 5) is 5.96. The molecule has 0 aliphatic heterocycles. The lowest BCUT2D eigenvalue weighted by Crippen LogP contribution is -2.22. The largest absolute Gasteiger partial charge is 0.494 e. The van der Waals surface area contributed by atoms with Gasteiger partial charge in [0.1, 0.15) is 11.4 Å². The van der Waals surface area contributed by atoms with Crippen LogP contribution in [0, 0.1) is 5.92 Å². The van der Waals surface area contributed by atoms with Crippen molar-refractivity contribution in [2.45, 2.75) is 38.6 Å². The Labute approximate surface area is 199 Å². The Hall–Kier alpha value is -2.93. The monoisotopic (exact) mass is 468 g/mol. The number of methoxy groups -OCH3 is 4. The summed E-state index contributed by atoms with van der Waals surface area (Å²) in [5, 5.41) is 2.16. The molecule has 1 aromatic heterocycles. The third-order valence-corrected chi connectivity index (χ3v) is 7.09. The Kier molecular flexibility index (Phi) is 7.60. The normalized spacial score (nSPS) is 14.8. The molecule has 0 unspecified atom stereocenters. The minimum atomic E-state index is 0.594. The molecule has 0 radical (unpaired) electrons. The number of thiazole rings is 1. The Bertz CT molecular complexity index is 1120. The summed E-state index contributed by atoms with van der Waals surface area (Å²) in [6, 6.07) is 11.9. The number of ether oxygens (including phenoxy) is 4. The summed E-state index contributed by atoms with van der Waals surface area (Å²) in [5.41, 5.74) is 2.94. The molecule has 0 amide bonds. The minimum absolute atomic E-state index is 0.594. The maximum Gasteiger partial charge on any atom is 0.203 e. The van der Waals surface area contributed by atoms with Crippen LogP contribution in [0.2, 0.25) is 0 Å². The van der Waals surface area contributed by atoms with Gasteiger partial charge in [-0.1, -0.05) is 31.4 Å². The van der Waals surface area contributed by atoms with Gasteiger partial charge in [0.25, 0.3) is 0 Å². The first-order valence-corrected chi connectivity index (χ1v) is 12.2. The fraction of sp³-hybridized carbons (Fsp3) is 0.423. The lowest BCUT2D eigenvalue weighted by atomic mass is 9.89. The maximum absolute atomic E-state index is 5.61. The minimum Gasteiger partial charge on any atom is -0.494 e. The highest BCUT2D eigenvalue weighted by Gasteiger charge is 2.20. The van der Waals surface area contributed by atoms with E-state index in [1.165, 1.54) is 32.1 Å². The predicted molar refractivity (Wildman–Crippen MR) is 132 cm³/mol. The van der Waals surface area contributed by atoms with Crippen LogP contribution in [-0.2, 0) is 6.54 Å². The second-order valence-electron chi connectivity index (χ2n) is 8.22. The molecule has 7 heteroatoms. The van der Waals surface area contributed by atoms with Crippen molar-refractivity contribution in [2.75, 3.05) is 28.4 Å². The molecule has 0 bridgehead atoms. The van der Waals surface area contributed by atoms with Gasteiger partial charge in [0.2, 0.25) is 5.75 Å². The molecule has 0 N–H and O–H groups in total. The smallest absolute Gasteiger partial charge is 0.203 e. The van der Waals surface area contributed by atoms with Gasteiger partial charge in [-0.2, -0.15) is 0 Å². The van der Waals surface area contributed by atoms with Gasteiger partial charge >= 0.3 is 0 Å². The zero-order valence-electron chi connectivity index (χ0n) is 19.8. The highest BCUT2D eigenvalue weighted by molar-refractivity contribution is 7.07. The van der Waals surface area contributed by atoms with E-state index in [4.69, 9.17) is 23.9 Å². The molecule has 33 heavy (non-hydrogen) atoms. The van der Waals surface area contributed by atoms with Crippen molar-refractivity contribution in [2.24, 2.45) is 10.9 Å². The molecular weight excluding hydrogens is 436 g/mol. The van der Waals surface area contributed by atoms with Crippen LogP contribution in [0.3, 0.4) is 0 Å². The molecule has 0 atom stereocenters. The third-order valence-electron chi connectivity index (χ3n) is 6.22. The van der Waals surface area contributed by atoms with Gasteiger partial charge in [-0.05, 0) is 43.0 Å². The van der Waals surface area contributed by atoms with Gasteiger partial charge in [-0.3, -0.25) is 0 Å². The molecular formula is C26H32N2O4S. The Morgan fingerprint density at radius 3 is 2.18 bits per heavy atom. The van der Waals surface area contributed by atoms with Crippen LogP contribution >= 0.6 is 11.3 Å².